The Morgan fingerprint density at radius 2 is 2.23 bits per heavy atom. The highest BCUT2D eigenvalue weighted by molar-refractivity contribution is 7.99. The highest BCUT2D eigenvalue weighted by atomic mass is 35.5. The molecular weight excluding hydrogens is 328 g/mol. The SMILES string of the molecule is CCOC(=O)C1=C(CSc2ccc(Cl)nn2)NC(=O)N[C@H]1C. The highest BCUT2D eigenvalue weighted by Crippen LogP contribution is 2.22. The fourth-order valence-corrected chi connectivity index (χ4v) is 2.80. The Morgan fingerprint density at radius 3 is 2.86 bits per heavy atom. The third kappa shape index (κ3) is 4.11. The molecule has 0 spiro atoms. The van der Waals surface area contributed by atoms with Gasteiger partial charge in [-0.3, -0.25) is 0 Å². The molecule has 1 atom stereocenters. The van der Waals surface area contributed by atoms with Gasteiger partial charge in [0.25, 0.3) is 0 Å². The second-order valence-corrected chi connectivity index (χ2v) is 5.80. The zero-order valence-electron chi connectivity index (χ0n) is 12.1. The lowest BCUT2D eigenvalue weighted by molar-refractivity contribution is -0.138. The van der Waals surface area contributed by atoms with Crippen LogP contribution in [0.25, 0.3) is 0 Å². The van der Waals surface area contributed by atoms with Crippen LogP contribution in [0.4, 0.5) is 4.79 Å². The predicted octanol–water partition coefficient (Wildman–Crippen LogP) is 1.74. The molecule has 0 bridgehead atoms. The molecule has 118 valence electrons. The number of rotatable bonds is 5. The molecule has 2 rings (SSSR count). The lowest BCUT2D eigenvalue weighted by Crippen LogP contribution is -2.49. The van der Waals surface area contributed by atoms with Gasteiger partial charge in [0.05, 0.1) is 18.2 Å². The van der Waals surface area contributed by atoms with Gasteiger partial charge in [-0.15, -0.1) is 10.2 Å². The third-order valence-corrected chi connectivity index (χ3v) is 3.99. The molecule has 1 aromatic rings. The van der Waals surface area contributed by atoms with Crippen LogP contribution in [0, 0.1) is 0 Å². The van der Waals surface area contributed by atoms with Gasteiger partial charge in [0.15, 0.2) is 5.15 Å². The number of esters is 1. The second-order valence-electron chi connectivity index (χ2n) is 4.42. The molecule has 1 aromatic heterocycles. The first-order valence-electron chi connectivity index (χ1n) is 6.61. The topological polar surface area (TPSA) is 93.2 Å². The van der Waals surface area contributed by atoms with E-state index in [1.54, 1.807) is 26.0 Å². The molecule has 0 saturated heterocycles. The molecule has 7 nitrogen and oxygen atoms in total. The van der Waals surface area contributed by atoms with E-state index in [2.05, 4.69) is 20.8 Å². The standard InChI is InChI=1S/C13H15ClN4O3S/c1-3-21-12(19)11-7(2)15-13(20)16-8(11)6-22-10-5-4-9(14)17-18-10/h4-5,7H,3,6H2,1-2H3,(H2,15,16,20)/t7-/m0/s1. The van der Waals surface area contributed by atoms with E-state index < -0.39 is 12.0 Å². The van der Waals surface area contributed by atoms with E-state index in [4.69, 9.17) is 16.3 Å². The van der Waals surface area contributed by atoms with Gasteiger partial charge in [-0.25, -0.2) is 9.59 Å². The van der Waals surface area contributed by atoms with Crippen molar-refractivity contribution < 1.29 is 14.3 Å². The van der Waals surface area contributed by atoms with Crippen LogP contribution >= 0.6 is 23.4 Å². The van der Waals surface area contributed by atoms with Crippen LogP contribution in [-0.2, 0) is 9.53 Å². The van der Waals surface area contributed by atoms with Crippen molar-refractivity contribution in [2.24, 2.45) is 0 Å². The number of amides is 2. The Kier molecular flexibility index (Phi) is 5.62. The Balaban J connectivity index is 2.18. The lowest BCUT2D eigenvalue weighted by Gasteiger charge is -2.26. The summed E-state index contributed by atoms with van der Waals surface area (Å²) in [7, 11) is 0. The molecule has 1 aliphatic rings. The van der Waals surface area contributed by atoms with Crippen LogP contribution in [-0.4, -0.2) is 40.6 Å². The smallest absolute Gasteiger partial charge is 0.337 e. The lowest BCUT2D eigenvalue weighted by atomic mass is 10.1. The first-order valence-corrected chi connectivity index (χ1v) is 7.97. The number of urea groups is 1. The number of carbonyl (C=O) groups is 2. The minimum atomic E-state index is -0.444. The van der Waals surface area contributed by atoms with E-state index in [-0.39, 0.29) is 12.6 Å². The Labute approximate surface area is 136 Å². The average Bonchev–Trinajstić information content (AvgIpc) is 2.46. The van der Waals surface area contributed by atoms with Crippen LogP contribution in [0.3, 0.4) is 0 Å². The number of hydrogen-bond donors (Lipinski definition) is 2. The van der Waals surface area contributed by atoms with Crippen molar-refractivity contribution in [3.05, 3.63) is 28.6 Å². The average molecular weight is 343 g/mol. The molecular formula is C13H15ClN4O3S. The van der Waals surface area contributed by atoms with Gasteiger partial charge in [-0.2, -0.15) is 0 Å². The normalized spacial score (nSPS) is 17.8. The summed E-state index contributed by atoms with van der Waals surface area (Å²) >= 11 is 7.02. The zero-order chi connectivity index (χ0) is 16.1. The Bertz CT molecular complexity index is 606. The summed E-state index contributed by atoms with van der Waals surface area (Å²) in [5.41, 5.74) is 0.923. The summed E-state index contributed by atoms with van der Waals surface area (Å²) in [5.74, 6) is -0.0809. The fraction of sp³-hybridized carbons (Fsp3) is 0.385. The zero-order valence-corrected chi connectivity index (χ0v) is 13.6. The van der Waals surface area contributed by atoms with E-state index in [9.17, 15) is 9.59 Å². The summed E-state index contributed by atoms with van der Waals surface area (Å²) in [5, 5.41) is 13.9. The second kappa shape index (κ2) is 7.46. The van der Waals surface area contributed by atoms with Crippen molar-refractivity contribution in [1.29, 1.82) is 0 Å². The molecule has 0 fully saturated rings. The highest BCUT2D eigenvalue weighted by Gasteiger charge is 2.29. The van der Waals surface area contributed by atoms with Gasteiger partial charge >= 0.3 is 12.0 Å². The van der Waals surface area contributed by atoms with Crippen molar-refractivity contribution >= 4 is 35.4 Å². The molecule has 2 amide bonds. The van der Waals surface area contributed by atoms with Gasteiger partial charge < -0.3 is 15.4 Å². The fourth-order valence-electron chi connectivity index (χ4n) is 1.92. The van der Waals surface area contributed by atoms with Crippen LogP contribution in [0.15, 0.2) is 28.4 Å². The molecule has 2 heterocycles. The minimum absolute atomic E-state index is 0.270. The number of halogens is 1. The number of aromatic nitrogens is 2. The van der Waals surface area contributed by atoms with Crippen molar-refractivity contribution in [3.8, 4) is 0 Å². The maximum Gasteiger partial charge on any atom is 0.337 e. The quantitative estimate of drug-likeness (QED) is 0.625. The van der Waals surface area contributed by atoms with Gasteiger partial charge in [-0.1, -0.05) is 23.4 Å². The summed E-state index contributed by atoms with van der Waals surface area (Å²) in [4.78, 5) is 23.7. The maximum absolute atomic E-state index is 12.1. The summed E-state index contributed by atoms with van der Waals surface area (Å²) < 4.78 is 5.04. The van der Waals surface area contributed by atoms with E-state index in [1.165, 1.54) is 11.8 Å². The first kappa shape index (κ1) is 16.6. The Hall–Kier alpha value is -1.80. The number of nitrogens with one attached hydrogen (secondary N) is 2. The third-order valence-electron chi connectivity index (χ3n) is 2.84. The van der Waals surface area contributed by atoms with Crippen LogP contribution in [0.5, 0.6) is 0 Å². The summed E-state index contributed by atoms with van der Waals surface area (Å²) in [6.45, 7) is 3.74. The van der Waals surface area contributed by atoms with Crippen molar-refractivity contribution in [1.82, 2.24) is 20.8 Å². The molecule has 0 radical (unpaired) electrons. The van der Waals surface area contributed by atoms with Gasteiger partial charge in [0.1, 0.15) is 5.03 Å². The van der Waals surface area contributed by atoms with E-state index in [0.29, 0.717) is 27.2 Å². The molecule has 9 heteroatoms. The molecule has 0 unspecified atom stereocenters. The number of thioether (sulfide) groups is 1. The maximum atomic E-state index is 12.1. The van der Waals surface area contributed by atoms with Gasteiger partial charge in [0.2, 0.25) is 0 Å². The van der Waals surface area contributed by atoms with Crippen LogP contribution in [0.1, 0.15) is 13.8 Å². The molecule has 0 saturated carbocycles. The Morgan fingerprint density at radius 1 is 1.45 bits per heavy atom. The van der Waals surface area contributed by atoms with Crippen LogP contribution in [0.2, 0.25) is 5.15 Å². The number of nitrogens with zero attached hydrogens (tertiary/aromatic N) is 2. The first-order chi connectivity index (χ1) is 10.5. The monoisotopic (exact) mass is 342 g/mol. The molecule has 2 N–H and O–H groups in total. The van der Waals surface area contributed by atoms with Crippen molar-refractivity contribution in [3.63, 3.8) is 0 Å². The van der Waals surface area contributed by atoms with Crippen molar-refractivity contribution in [2.75, 3.05) is 12.4 Å². The number of hydrogen-bond acceptors (Lipinski definition) is 6. The largest absolute Gasteiger partial charge is 0.463 e. The van der Waals surface area contributed by atoms with E-state index >= 15 is 0 Å². The number of carbonyl (C=O) groups excluding carboxylic acids is 2. The molecule has 22 heavy (non-hydrogen) atoms. The summed E-state index contributed by atoms with van der Waals surface area (Å²) in [6.07, 6.45) is 0. The minimum Gasteiger partial charge on any atom is -0.463 e. The van der Waals surface area contributed by atoms with Crippen molar-refractivity contribution in [2.45, 2.75) is 24.9 Å². The molecule has 0 aromatic carbocycles. The van der Waals surface area contributed by atoms with Crippen LogP contribution < -0.4 is 10.6 Å². The van der Waals surface area contributed by atoms with Gasteiger partial charge in [0, 0.05) is 11.4 Å². The molecule has 1 aliphatic heterocycles. The van der Waals surface area contributed by atoms with Gasteiger partial charge in [-0.05, 0) is 26.0 Å². The van der Waals surface area contributed by atoms with E-state index in [1.807, 2.05) is 0 Å². The van der Waals surface area contributed by atoms with E-state index in [0.717, 1.165) is 0 Å². The summed E-state index contributed by atoms with van der Waals surface area (Å²) in [6, 6.07) is 2.58. The molecule has 0 aliphatic carbocycles. The predicted molar refractivity (Wildman–Crippen MR) is 82.6 cm³/mol. The number of ether oxygens (including phenoxy) is 1.